The van der Waals surface area contributed by atoms with Gasteiger partial charge in [0.05, 0.1) is 11.2 Å². The third kappa shape index (κ3) is 5.13. The molecule has 0 bridgehead atoms. The van der Waals surface area contributed by atoms with Crippen molar-refractivity contribution in [1.82, 2.24) is 4.98 Å². The average Bonchev–Trinajstić information content (AvgIpc) is 2.35. The maximum Gasteiger partial charge on any atom is 0.412 e. The highest BCUT2D eigenvalue weighted by atomic mass is 32.2. The van der Waals surface area contributed by atoms with Gasteiger partial charge in [0, 0.05) is 21.2 Å². The van der Waals surface area contributed by atoms with Crippen LogP contribution in [0.15, 0.2) is 35.4 Å². The summed E-state index contributed by atoms with van der Waals surface area (Å²) < 4.78 is 5.41. The Bertz CT molecular complexity index is 715. The first-order chi connectivity index (χ1) is 10.6. The fourth-order valence-electron chi connectivity index (χ4n) is 2.08. The van der Waals surface area contributed by atoms with E-state index in [9.17, 15) is 4.79 Å². The van der Waals surface area contributed by atoms with Crippen molar-refractivity contribution in [3.8, 4) is 0 Å². The van der Waals surface area contributed by atoms with Gasteiger partial charge in [0.25, 0.3) is 0 Å². The van der Waals surface area contributed by atoms with E-state index in [2.05, 4.69) is 37.1 Å². The Balaban J connectivity index is 2.36. The van der Waals surface area contributed by atoms with Crippen molar-refractivity contribution in [2.24, 2.45) is 0 Å². The van der Waals surface area contributed by atoms with E-state index in [1.54, 1.807) is 24.0 Å². The summed E-state index contributed by atoms with van der Waals surface area (Å²) in [7, 11) is 0. The predicted octanol–water partition coefficient (Wildman–Crippen LogP) is 5.47. The van der Waals surface area contributed by atoms with E-state index in [0.717, 1.165) is 15.8 Å². The number of hydrogen-bond donors (Lipinski definition) is 1. The number of pyridine rings is 1. The predicted molar refractivity (Wildman–Crippen MR) is 97.2 cm³/mol. The smallest absolute Gasteiger partial charge is 0.412 e. The summed E-state index contributed by atoms with van der Waals surface area (Å²) >= 11 is 1.76. The summed E-state index contributed by atoms with van der Waals surface area (Å²) in [5, 5.41) is 3.73. The molecule has 4 nitrogen and oxygen atoms in total. The van der Waals surface area contributed by atoms with Gasteiger partial charge < -0.3 is 4.74 Å². The lowest BCUT2D eigenvalue weighted by Gasteiger charge is -2.21. The van der Waals surface area contributed by atoms with Gasteiger partial charge in [-0.05, 0) is 32.9 Å². The van der Waals surface area contributed by atoms with Crippen LogP contribution < -0.4 is 5.32 Å². The largest absolute Gasteiger partial charge is 0.444 e. The van der Waals surface area contributed by atoms with Gasteiger partial charge in [0.15, 0.2) is 0 Å². The van der Waals surface area contributed by atoms with Gasteiger partial charge in [-0.3, -0.25) is 10.3 Å². The van der Waals surface area contributed by atoms with Gasteiger partial charge >= 0.3 is 6.09 Å². The van der Waals surface area contributed by atoms with E-state index in [1.807, 2.05) is 32.9 Å². The average molecular weight is 332 g/mol. The highest BCUT2D eigenvalue weighted by Gasteiger charge is 2.18. The lowest BCUT2D eigenvalue weighted by atomic mass is 10.2. The SMILES string of the molecule is CC(C)(C)OC(=O)Nc1ccnc2c(SC(C)(C)C)cccc12. The molecule has 0 atom stereocenters. The molecular formula is C18H24N2O2S. The van der Waals surface area contributed by atoms with Gasteiger partial charge in [-0.15, -0.1) is 11.8 Å². The second-order valence-corrected chi connectivity index (χ2v) is 9.22. The van der Waals surface area contributed by atoms with Gasteiger partial charge in [-0.25, -0.2) is 4.79 Å². The number of carbonyl (C=O) groups is 1. The van der Waals surface area contributed by atoms with Crippen LogP contribution in [0.4, 0.5) is 10.5 Å². The first-order valence-corrected chi connectivity index (χ1v) is 8.43. The van der Waals surface area contributed by atoms with Crippen molar-refractivity contribution in [2.75, 3.05) is 5.32 Å². The Labute approximate surface area is 142 Å². The second-order valence-electron chi connectivity index (χ2n) is 7.35. The monoisotopic (exact) mass is 332 g/mol. The summed E-state index contributed by atoms with van der Waals surface area (Å²) in [4.78, 5) is 17.6. The van der Waals surface area contributed by atoms with E-state index in [4.69, 9.17) is 4.74 Å². The van der Waals surface area contributed by atoms with Crippen molar-refractivity contribution in [3.63, 3.8) is 0 Å². The number of hydrogen-bond acceptors (Lipinski definition) is 4. The van der Waals surface area contributed by atoms with Crippen LogP contribution in [0.1, 0.15) is 41.5 Å². The molecule has 0 radical (unpaired) electrons. The van der Waals surface area contributed by atoms with E-state index in [0.29, 0.717) is 5.69 Å². The molecule has 0 saturated heterocycles. The molecule has 1 amide bonds. The van der Waals surface area contributed by atoms with Crippen molar-refractivity contribution >= 4 is 34.4 Å². The van der Waals surface area contributed by atoms with E-state index in [1.165, 1.54) is 0 Å². The third-order valence-corrected chi connectivity index (χ3v) is 3.95. The number of aromatic nitrogens is 1. The van der Waals surface area contributed by atoms with Crippen LogP contribution >= 0.6 is 11.8 Å². The van der Waals surface area contributed by atoms with Crippen LogP contribution in [0.2, 0.25) is 0 Å². The normalized spacial score (nSPS) is 12.3. The number of anilines is 1. The molecule has 124 valence electrons. The van der Waals surface area contributed by atoms with Crippen molar-refractivity contribution in [1.29, 1.82) is 0 Å². The molecule has 0 aliphatic heterocycles. The molecule has 2 aromatic rings. The molecule has 0 aliphatic carbocycles. The number of carbonyl (C=O) groups excluding carboxylic acids is 1. The Morgan fingerprint density at radius 1 is 1.13 bits per heavy atom. The van der Waals surface area contributed by atoms with Crippen molar-refractivity contribution < 1.29 is 9.53 Å². The highest BCUT2D eigenvalue weighted by Crippen LogP contribution is 2.37. The zero-order chi connectivity index (χ0) is 17.3. The standard InChI is InChI=1S/C18H24N2O2S/c1-17(2,3)22-16(21)20-13-10-11-19-15-12(13)8-7-9-14(15)23-18(4,5)6/h7-11H,1-6H3,(H,19,20,21). The van der Waals surface area contributed by atoms with Crippen LogP contribution in [0.25, 0.3) is 10.9 Å². The molecule has 23 heavy (non-hydrogen) atoms. The van der Waals surface area contributed by atoms with Gasteiger partial charge in [-0.2, -0.15) is 0 Å². The molecule has 0 aliphatic rings. The number of fused-ring (bicyclic) bond motifs is 1. The Morgan fingerprint density at radius 3 is 2.43 bits per heavy atom. The molecule has 0 spiro atoms. The summed E-state index contributed by atoms with van der Waals surface area (Å²) in [6.45, 7) is 12.0. The van der Waals surface area contributed by atoms with Crippen LogP contribution in [0.3, 0.4) is 0 Å². The number of para-hydroxylation sites is 1. The number of thioether (sulfide) groups is 1. The van der Waals surface area contributed by atoms with Crippen molar-refractivity contribution in [2.45, 2.75) is 56.8 Å². The van der Waals surface area contributed by atoms with Crippen molar-refractivity contribution in [3.05, 3.63) is 30.5 Å². The number of amides is 1. The minimum absolute atomic E-state index is 0.0879. The maximum atomic E-state index is 12.0. The quantitative estimate of drug-likeness (QED) is 0.741. The van der Waals surface area contributed by atoms with E-state index < -0.39 is 11.7 Å². The molecule has 1 N–H and O–H groups in total. The molecule has 0 fully saturated rings. The molecule has 2 rings (SSSR count). The lowest BCUT2D eigenvalue weighted by molar-refractivity contribution is 0.0636. The minimum Gasteiger partial charge on any atom is -0.444 e. The summed E-state index contributed by atoms with van der Waals surface area (Å²) in [6.07, 6.45) is 1.25. The highest BCUT2D eigenvalue weighted by molar-refractivity contribution is 8.00. The molecule has 5 heteroatoms. The Kier molecular flexibility index (Phi) is 4.90. The number of nitrogens with one attached hydrogen (secondary N) is 1. The van der Waals surface area contributed by atoms with E-state index >= 15 is 0 Å². The maximum absolute atomic E-state index is 12.0. The summed E-state index contributed by atoms with van der Waals surface area (Å²) in [5.74, 6) is 0. The van der Waals surface area contributed by atoms with Crippen LogP contribution in [0, 0.1) is 0 Å². The molecule has 1 aromatic heterocycles. The minimum atomic E-state index is -0.528. The molecule has 0 saturated carbocycles. The topological polar surface area (TPSA) is 51.2 Å². The zero-order valence-electron chi connectivity index (χ0n) is 14.6. The lowest BCUT2D eigenvalue weighted by Crippen LogP contribution is -2.27. The van der Waals surface area contributed by atoms with Gasteiger partial charge in [0.2, 0.25) is 0 Å². The number of nitrogens with zero attached hydrogens (tertiary/aromatic N) is 1. The second kappa shape index (κ2) is 6.40. The number of rotatable bonds is 2. The van der Waals surface area contributed by atoms with Crippen LogP contribution in [0.5, 0.6) is 0 Å². The zero-order valence-corrected chi connectivity index (χ0v) is 15.4. The number of ether oxygens (including phenoxy) is 1. The van der Waals surface area contributed by atoms with Gasteiger partial charge in [0.1, 0.15) is 5.60 Å². The fourth-order valence-corrected chi connectivity index (χ4v) is 3.15. The first kappa shape index (κ1) is 17.6. The molecule has 1 heterocycles. The molecule has 1 aromatic carbocycles. The summed E-state index contributed by atoms with van der Waals surface area (Å²) in [6, 6.07) is 7.79. The van der Waals surface area contributed by atoms with Crippen LogP contribution in [-0.4, -0.2) is 21.4 Å². The van der Waals surface area contributed by atoms with E-state index in [-0.39, 0.29) is 4.75 Å². The van der Waals surface area contributed by atoms with Crippen LogP contribution in [-0.2, 0) is 4.74 Å². The first-order valence-electron chi connectivity index (χ1n) is 7.62. The third-order valence-electron chi connectivity index (χ3n) is 2.79. The number of benzene rings is 1. The molecule has 0 unspecified atom stereocenters. The molecular weight excluding hydrogens is 308 g/mol. The van der Waals surface area contributed by atoms with Gasteiger partial charge in [-0.1, -0.05) is 32.9 Å². The Morgan fingerprint density at radius 2 is 1.83 bits per heavy atom. The summed E-state index contributed by atoms with van der Waals surface area (Å²) in [5.41, 5.74) is 1.07. The fraction of sp³-hybridized carbons (Fsp3) is 0.444. The Hall–Kier alpha value is -1.75.